The Hall–Kier alpha value is -4.66. The number of anilines is 2. The lowest BCUT2D eigenvalue weighted by Crippen LogP contribution is -2.17. The molecule has 0 saturated carbocycles. The van der Waals surface area contributed by atoms with Gasteiger partial charge in [-0.05, 0) is 83.9 Å². The summed E-state index contributed by atoms with van der Waals surface area (Å²) in [7, 11) is 7.93. The van der Waals surface area contributed by atoms with E-state index in [1.165, 1.54) is 0 Å². The molecule has 0 radical (unpaired) electrons. The molecule has 0 atom stereocenters. The first-order valence-electron chi connectivity index (χ1n) is 12.8. The molecule has 10 heteroatoms. The fourth-order valence-electron chi connectivity index (χ4n) is 3.38. The van der Waals surface area contributed by atoms with Gasteiger partial charge in [-0.3, -0.25) is 9.59 Å². The zero-order valence-electron chi connectivity index (χ0n) is 23.8. The second-order valence-corrected chi connectivity index (χ2v) is 10.3. The molecule has 0 unspecified atom stereocenters. The Morgan fingerprint density at radius 3 is 1.14 bits per heavy atom. The van der Waals surface area contributed by atoms with Crippen molar-refractivity contribution in [1.82, 2.24) is 10.9 Å². The summed E-state index contributed by atoms with van der Waals surface area (Å²) < 4.78 is 0. The zero-order chi connectivity index (χ0) is 30.5. The Labute approximate surface area is 256 Å². The normalized spacial score (nSPS) is 10.6. The van der Waals surface area contributed by atoms with Crippen LogP contribution in [0.15, 0.2) is 107 Å². The van der Waals surface area contributed by atoms with Gasteiger partial charge in [0.1, 0.15) is 0 Å². The molecular weight excluding hydrogens is 571 g/mol. The van der Waals surface area contributed by atoms with Gasteiger partial charge in [-0.25, -0.2) is 10.9 Å². The van der Waals surface area contributed by atoms with Crippen LogP contribution in [0, 0.1) is 0 Å². The number of benzene rings is 4. The molecule has 4 rings (SSSR count). The molecule has 2 amide bonds. The summed E-state index contributed by atoms with van der Waals surface area (Å²) in [5, 5.41) is 9.07. The Kier molecular flexibility index (Phi) is 12.1. The fraction of sp³-hybridized carbons (Fsp3) is 0.125. The molecule has 42 heavy (non-hydrogen) atoms. The van der Waals surface area contributed by atoms with Gasteiger partial charge in [-0.2, -0.15) is 10.2 Å². The number of hydrogen-bond donors (Lipinski definition) is 2. The van der Waals surface area contributed by atoms with Crippen LogP contribution in [-0.2, 0) is 0 Å². The van der Waals surface area contributed by atoms with E-state index in [4.69, 9.17) is 23.2 Å². The molecular formula is C32H32Cl2N6O2. The maximum absolute atomic E-state index is 11.8. The fourth-order valence-corrected chi connectivity index (χ4v) is 3.63. The van der Waals surface area contributed by atoms with Gasteiger partial charge in [-0.15, -0.1) is 0 Å². The summed E-state index contributed by atoms with van der Waals surface area (Å²) in [5.74, 6) is -0.541. The number of nitrogens with zero attached hydrogens (tertiary/aromatic N) is 4. The zero-order valence-corrected chi connectivity index (χ0v) is 25.3. The molecule has 0 fully saturated rings. The molecule has 2 N–H and O–H groups in total. The van der Waals surface area contributed by atoms with E-state index in [0.717, 1.165) is 22.5 Å². The predicted octanol–water partition coefficient (Wildman–Crippen LogP) is 6.34. The highest BCUT2D eigenvalue weighted by atomic mass is 35.5. The van der Waals surface area contributed by atoms with Gasteiger partial charge in [0.2, 0.25) is 0 Å². The van der Waals surface area contributed by atoms with Gasteiger partial charge in [0.05, 0.1) is 12.4 Å². The van der Waals surface area contributed by atoms with Crippen molar-refractivity contribution in [2.45, 2.75) is 0 Å². The van der Waals surface area contributed by atoms with Gasteiger partial charge < -0.3 is 9.80 Å². The topological polar surface area (TPSA) is 89.4 Å². The average Bonchev–Trinajstić information content (AvgIpc) is 2.98. The molecule has 0 spiro atoms. The van der Waals surface area contributed by atoms with Crippen molar-refractivity contribution in [3.8, 4) is 0 Å². The second kappa shape index (κ2) is 16.0. The van der Waals surface area contributed by atoms with Crippen molar-refractivity contribution >= 4 is 58.8 Å². The predicted molar refractivity (Wildman–Crippen MR) is 175 cm³/mol. The Morgan fingerprint density at radius 1 is 0.548 bits per heavy atom. The third-order valence-corrected chi connectivity index (χ3v) is 6.30. The van der Waals surface area contributed by atoms with Crippen molar-refractivity contribution in [3.63, 3.8) is 0 Å². The summed E-state index contributed by atoms with van der Waals surface area (Å²) in [6, 6.07) is 29.0. The van der Waals surface area contributed by atoms with Crippen molar-refractivity contribution in [2.75, 3.05) is 38.0 Å². The van der Waals surface area contributed by atoms with Crippen molar-refractivity contribution in [2.24, 2.45) is 10.2 Å². The summed E-state index contributed by atoms with van der Waals surface area (Å²) in [6.07, 6.45) is 3.21. The second-order valence-electron chi connectivity index (χ2n) is 9.38. The minimum Gasteiger partial charge on any atom is -0.378 e. The first-order valence-corrected chi connectivity index (χ1v) is 13.6. The Morgan fingerprint density at radius 2 is 0.857 bits per heavy atom. The van der Waals surface area contributed by atoms with E-state index in [0.29, 0.717) is 21.2 Å². The van der Waals surface area contributed by atoms with Crippen molar-refractivity contribution in [3.05, 3.63) is 129 Å². The highest BCUT2D eigenvalue weighted by molar-refractivity contribution is 6.31. The van der Waals surface area contributed by atoms with Gasteiger partial charge in [0.25, 0.3) is 11.8 Å². The smallest absolute Gasteiger partial charge is 0.271 e. The van der Waals surface area contributed by atoms with Gasteiger partial charge in [0.15, 0.2) is 0 Å². The van der Waals surface area contributed by atoms with Crippen LogP contribution in [0.5, 0.6) is 0 Å². The van der Waals surface area contributed by atoms with Crippen molar-refractivity contribution < 1.29 is 9.59 Å². The summed E-state index contributed by atoms with van der Waals surface area (Å²) >= 11 is 11.5. The van der Waals surface area contributed by atoms with E-state index in [1.807, 2.05) is 86.5 Å². The number of carbonyl (C=O) groups excluding carboxylic acids is 2. The molecule has 0 saturated heterocycles. The van der Waals surface area contributed by atoms with Gasteiger partial charge in [0, 0.05) is 60.7 Å². The van der Waals surface area contributed by atoms with Crippen LogP contribution in [0.2, 0.25) is 10.0 Å². The number of halogens is 2. The van der Waals surface area contributed by atoms with Crippen LogP contribution in [-0.4, -0.2) is 52.4 Å². The SMILES string of the molecule is CN(C)c1ccc(/C=N/NC(=O)c2ccc(Cl)cc2)cc1.CN(C)c1ccc(/C=N/NC(=O)c2ccc(Cl)cc2)cc1. The molecule has 216 valence electrons. The molecule has 0 aliphatic heterocycles. The highest BCUT2D eigenvalue weighted by Crippen LogP contribution is 2.13. The quantitative estimate of drug-likeness (QED) is 0.182. The molecule has 0 aromatic heterocycles. The number of hydrogen-bond acceptors (Lipinski definition) is 6. The van der Waals surface area contributed by atoms with Crippen LogP contribution >= 0.6 is 23.2 Å². The minimum absolute atomic E-state index is 0.271. The third-order valence-electron chi connectivity index (χ3n) is 5.79. The highest BCUT2D eigenvalue weighted by Gasteiger charge is 2.04. The first-order chi connectivity index (χ1) is 20.1. The Balaban J connectivity index is 0.000000230. The minimum atomic E-state index is -0.271. The first kappa shape index (κ1) is 31.9. The standard InChI is InChI=1S/2C16H16ClN3O/c2*1-20(2)15-9-3-12(4-10-15)11-18-19-16(21)13-5-7-14(17)8-6-13/h2*3-11H,1-2H3,(H,19,21)/b2*18-11+. The van der Waals surface area contributed by atoms with E-state index in [1.54, 1.807) is 61.0 Å². The monoisotopic (exact) mass is 602 g/mol. The summed E-state index contributed by atoms with van der Waals surface area (Å²) in [6.45, 7) is 0. The largest absolute Gasteiger partial charge is 0.378 e. The molecule has 0 heterocycles. The lowest BCUT2D eigenvalue weighted by atomic mass is 10.2. The van der Waals surface area contributed by atoms with E-state index < -0.39 is 0 Å². The third kappa shape index (κ3) is 10.4. The molecule has 8 nitrogen and oxygen atoms in total. The maximum Gasteiger partial charge on any atom is 0.271 e. The maximum atomic E-state index is 11.8. The molecule has 0 bridgehead atoms. The number of nitrogens with one attached hydrogen (secondary N) is 2. The number of rotatable bonds is 8. The van der Waals surface area contributed by atoms with Crippen LogP contribution < -0.4 is 20.7 Å². The molecule has 0 aliphatic rings. The van der Waals surface area contributed by atoms with Crippen LogP contribution in [0.4, 0.5) is 11.4 Å². The van der Waals surface area contributed by atoms with Gasteiger partial charge in [-0.1, -0.05) is 47.5 Å². The van der Waals surface area contributed by atoms with Crippen LogP contribution in [0.3, 0.4) is 0 Å². The van der Waals surface area contributed by atoms with Gasteiger partial charge >= 0.3 is 0 Å². The molecule has 0 aliphatic carbocycles. The average molecular weight is 604 g/mol. The van der Waals surface area contributed by atoms with Crippen molar-refractivity contribution in [1.29, 1.82) is 0 Å². The van der Waals surface area contributed by atoms with E-state index in [-0.39, 0.29) is 11.8 Å². The van der Waals surface area contributed by atoms with Crippen LogP contribution in [0.1, 0.15) is 31.8 Å². The number of carbonyl (C=O) groups is 2. The van der Waals surface area contributed by atoms with E-state index >= 15 is 0 Å². The lowest BCUT2D eigenvalue weighted by Gasteiger charge is -2.11. The molecule has 4 aromatic carbocycles. The Bertz CT molecular complexity index is 1380. The molecule has 4 aromatic rings. The van der Waals surface area contributed by atoms with Crippen LogP contribution in [0.25, 0.3) is 0 Å². The lowest BCUT2D eigenvalue weighted by molar-refractivity contribution is 0.0947. The summed E-state index contributed by atoms with van der Waals surface area (Å²) in [4.78, 5) is 27.7. The van der Waals surface area contributed by atoms with E-state index in [9.17, 15) is 9.59 Å². The number of hydrazone groups is 2. The number of amides is 2. The summed E-state index contributed by atoms with van der Waals surface area (Å²) in [5.41, 5.74) is 10.0. The van der Waals surface area contributed by atoms with E-state index in [2.05, 4.69) is 21.1 Å².